The highest BCUT2D eigenvalue weighted by atomic mass is 35.5. The van der Waals surface area contributed by atoms with Crippen LogP contribution in [-0.4, -0.2) is 18.9 Å². The Morgan fingerprint density at radius 1 is 1.62 bits per heavy atom. The fraction of sp³-hybridized carbons (Fsp3) is 0.273. The smallest absolute Gasteiger partial charge is 0.340 e. The van der Waals surface area contributed by atoms with Gasteiger partial charge in [-0.25, -0.2) is 4.79 Å². The van der Waals surface area contributed by atoms with E-state index in [0.29, 0.717) is 17.4 Å². The second kappa shape index (κ2) is 4.99. The molecule has 0 saturated carbocycles. The number of hydrogen-bond acceptors (Lipinski definition) is 4. The third kappa shape index (κ3) is 2.17. The second-order valence-electron chi connectivity index (χ2n) is 3.22. The predicted molar refractivity (Wildman–Crippen MR) is 61.9 cm³/mol. The third-order valence-electron chi connectivity index (χ3n) is 2.16. The van der Waals surface area contributed by atoms with Crippen LogP contribution in [0.5, 0.6) is 0 Å². The van der Waals surface area contributed by atoms with Crippen LogP contribution in [-0.2, 0) is 4.74 Å². The molecule has 0 spiro atoms. The first-order valence-electron chi connectivity index (χ1n) is 4.73. The van der Waals surface area contributed by atoms with Gasteiger partial charge in [0.1, 0.15) is 0 Å². The molecule has 16 heavy (non-hydrogen) atoms. The van der Waals surface area contributed by atoms with Crippen LogP contribution in [0.2, 0.25) is 5.02 Å². The number of carbonyl (C=O) groups excluding carboxylic acids is 2. The van der Waals surface area contributed by atoms with Crippen LogP contribution in [0.1, 0.15) is 33.2 Å². The summed E-state index contributed by atoms with van der Waals surface area (Å²) in [6.07, 6.45) is 0.614. The maximum Gasteiger partial charge on any atom is 0.340 e. The third-order valence-corrected chi connectivity index (χ3v) is 2.57. The number of ether oxygens (including phenoxy) is 1. The van der Waals surface area contributed by atoms with Crippen LogP contribution in [0.4, 0.5) is 5.69 Å². The number of nitrogens with two attached hydrogens (primary N) is 1. The molecule has 0 aliphatic heterocycles. The number of carbonyl (C=O) groups is 2. The number of rotatable bonds is 3. The molecule has 0 heterocycles. The van der Waals surface area contributed by atoms with Gasteiger partial charge in [-0.1, -0.05) is 11.6 Å². The van der Waals surface area contributed by atoms with Crippen molar-refractivity contribution in [3.8, 4) is 0 Å². The van der Waals surface area contributed by atoms with Crippen LogP contribution >= 0.6 is 11.6 Å². The highest BCUT2D eigenvalue weighted by molar-refractivity contribution is 6.36. The van der Waals surface area contributed by atoms with Crippen LogP contribution in [0, 0.1) is 6.92 Å². The van der Waals surface area contributed by atoms with E-state index >= 15 is 0 Å². The highest BCUT2D eigenvalue weighted by Crippen LogP contribution is 2.29. The fourth-order valence-corrected chi connectivity index (χ4v) is 1.63. The van der Waals surface area contributed by atoms with E-state index in [0.717, 1.165) is 0 Å². The molecule has 5 heteroatoms. The molecule has 2 N–H and O–H groups in total. The van der Waals surface area contributed by atoms with E-state index in [-0.39, 0.29) is 22.9 Å². The SMILES string of the molecule is CCOC(=O)c1cc(C)c(C=O)c(Cl)c1N. The molecule has 1 aromatic carbocycles. The molecular formula is C11H12ClNO3. The lowest BCUT2D eigenvalue weighted by atomic mass is 10.0. The van der Waals surface area contributed by atoms with Gasteiger partial charge in [0, 0.05) is 5.56 Å². The fourth-order valence-electron chi connectivity index (χ4n) is 1.33. The van der Waals surface area contributed by atoms with E-state index in [2.05, 4.69) is 0 Å². The predicted octanol–water partition coefficient (Wildman–Crippen LogP) is 2.22. The molecule has 0 unspecified atom stereocenters. The Hall–Kier alpha value is -1.55. The van der Waals surface area contributed by atoms with Crippen LogP contribution in [0.25, 0.3) is 0 Å². The minimum atomic E-state index is -0.539. The zero-order valence-corrected chi connectivity index (χ0v) is 9.80. The van der Waals surface area contributed by atoms with Gasteiger partial charge in [-0.05, 0) is 25.5 Å². The average molecular weight is 242 g/mol. The van der Waals surface area contributed by atoms with Crippen molar-refractivity contribution in [1.29, 1.82) is 0 Å². The molecular weight excluding hydrogens is 230 g/mol. The molecule has 0 fully saturated rings. The van der Waals surface area contributed by atoms with Crippen LogP contribution < -0.4 is 5.73 Å². The van der Waals surface area contributed by atoms with Crippen molar-refractivity contribution in [2.75, 3.05) is 12.3 Å². The van der Waals surface area contributed by atoms with Crippen molar-refractivity contribution in [2.24, 2.45) is 0 Å². The van der Waals surface area contributed by atoms with Gasteiger partial charge < -0.3 is 10.5 Å². The van der Waals surface area contributed by atoms with Crippen LogP contribution in [0.3, 0.4) is 0 Å². The maximum atomic E-state index is 11.5. The van der Waals surface area contributed by atoms with E-state index in [1.807, 2.05) is 0 Å². The van der Waals surface area contributed by atoms with Gasteiger partial charge in [0.2, 0.25) is 0 Å². The van der Waals surface area contributed by atoms with E-state index in [1.54, 1.807) is 13.8 Å². The topological polar surface area (TPSA) is 69.4 Å². The monoisotopic (exact) mass is 241 g/mol. The molecule has 0 radical (unpaired) electrons. The molecule has 1 rings (SSSR count). The molecule has 0 aromatic heterocycles. The van der Waals surface area contributed by atoms with Gasteiger partial charge in [0.25, 0.3) is 0 Å². The van der Waals surface area contributed by atoms with E-state index in [1.165, 1.54) is 6.07 Å². The summed E-state index contributed by atoms with van der Waals surface area (Å²) in [5, 5.41) is 0.0954. The van der Waals surface area contributed by atoms with E-state index < -0.39 is 5.97 Å². The summed E-state index contributed by atoms with van der Waals surface area (Å²) >= 11 is 5.88. The lowest BCUT2D eigenvalue weighted by Crippen LogP contribution is -2.10. The maximum absolute atomic E-state index is 11.5. The van der Waals surface area contributed by atoms with E-state index in [9.17, 15) is 9.59 Å². The standard InChI is InChI=1S/C11H12ClNO3/c1-3-16-11(15)7-4-6(2)8(5-14)9(12)10(7)13/h4-5H,3,13H2,1-2H3. The quantitative estimate of drug-likeness (QED) is 0.501. The summed E-state index contributed by atoms with van der Waals surface area (Å²) in [4.78, 5) is 22.3. The Morgan fingerprint density at radius 2 is 2.25 bits per heavy atom. The lowest BCUT2D eigenvalue weighted by molar-refractivity contribution is 0.0527. The Bertz CT molecular complexity index is 443. The summed E-state index contributed by atoms with van der Waals surface area (Å²) < 4.78 is 4.83. The van der Waals surface area contributed by atoms with Crippen molar-refractivity contribution in [2.45, 2.75) is 13.8 Å². The Kier molecular flexibility index (Phi) is 3.90. The van der Waals surface area contributed by atoms with Crippen molar-refractivity contribution >= 4 is 29.5 Å². The summed E-state index contributed by atoms with van der Waals surface area (Å²) in [7, 11) is 0. The molecule has 0 aliphatic carbocycles. The molecule has 86 valence electrons. The average Bonchev–Trinajstić information content (AvgIpc) is 2.24. The van der Waals surface area contributed by atoms with Gasteiger partial charge >= 0.3 is 5.97 Å². The summed E-state index contributed by atoms with van der Waals surface area (Å²) in [6, 6.07) is 1.50. The molecule has 0 atom stereocenters. The Labute approximate surface area is 98.3 Å². The molecule has 0 bridgehead atoms. The number of halogens is 1. The summed E-state index contributed by atoms with van der Waals surface area (Å²) in [5.41, 5.74) is 6.83. The van der Waals surface area contributed by atoms with Crippen LogP contribution in [0.15, 0.2) is 6.07 Å². The molecule has 0 aliphatic rings. The van der Waals surface area contributed by atoms with Gasteiger partial charge in [0.15, 0.2) is 6.29 Å². The first kappa shape index (κ1) is 12.5. The highest BCUT2D eigenvalue weighted by Gasteiger charge is 2.17. The number of anilines is 1. The van der Waals surface area contributed by atoms with E-state index in [4.69, 9.17) is 22.1 Å². The van der Waals surface area contributed by atoms with Gasteiger partial charge in [-0.2, -0.15) is 0 Å². The van der Waals surface area contributed by atoms with Gasteiger partial charge in [-0.15, -0.1) is 0 Å². The summed E-state index contributed by atoms with van der Waals surface area (Å²) in [5.74, 6) is -0.539. The van der Waals surface area contributed by atoms with Gasteiger partial charge in [0.05, 0.1) is 22.9 Å². The molecule has 4 nitrogen and oxygen atoms in total. The Morgan fingerprint density at radius 3 is 2.75 bits per heavy atom. The number of nitrogen functional groups attached to an aromatic ring is 1. The number of benzene rings is 1. The first-order chi connectivity index (χ1) is 7.52. The minimum absolute atomic E-state index is 0.0767. The van der Waals surface area contributed by atoms with Crippen molar-refractivity contribution in [3.05, 3.63) is 27.8 Å². The van der Waals surface area contributed by atoms with Gasteiger partial charge in [-0.3, -0.25) is 4.79 Å². The number of aryl methyl sites for hydroxylation is 1. The molecule has 0 saturated heterocycles. The lowest BCUT2D eigenvalue weighted by Gasteiger charge is -2.10. The Balaban J connectivity index is 3.33. The zero-order valence-electron chi connectivity index (χ0n) is 9.04. The molecule has 0 amide bonds. The second-order valence-corrected chi connectivity index (χ2v) is 3.60. The largest absolute Gasteiger partial charge is 0.462 e. The summed E-state index contributed by atoms with van der Waals surface area (Å²) in [6.45, 7) is 3.63. The molecule has 1 aromatic rings. The van der Waals surface area contributed by atoms with Crippen molar-refractivity contribution < 1.29 is 14.3 Å². The number of esters is 1. The minimum Gasteiger partial charge on any atom is -0.462 e. The van der Waals surface area contributed by atoms with Crippen molar-refractivity contribution in [1.82, 2.24) is 0 Å². The normalized spacial score (nSPS) is 9.94. The van der Waals surface area contributed by atoms with Crippen molar-refractivity contribution in [3.63, 3.8) is 0 Å². The number of hydrogen-bond donors (Lipinski definition) is 1. The zero-order chi connectivity index (χ0) is 12.3. The first-order valence-corrected chi connectivity index (χ1v) is 5.11. The number of aldehydes is 1.